The Labute approximate surface area is 100 Å². The maximum atomic E-state index is 5.44. The largest absolute Gasteiger partial charge is 0.381 e. The van der Waals surface area contributed by atoms with Crippen LogP contribution in [0, 0.1) is 5.92 Å². The standard InChI is InChI=1S/C9H12Br2N2O/c10-8-5-13(9(11)12-8)4-7-2-1-3-14-6-7/h5,7H,1-4,6H2. The van der Waals surface area contributed by atoms with Gasteiger partial charge in [-0.3, -0.25) is 0 Å². The van der Waals surface area contributed by atoms with Gasteiger partial charge in [0.05, 0.1) is 6.61 Å². The molecule has 1 aromatic rings. The molecule has 2 rings (SSSR count). The van der Waals surface area contributed by atoms with Crippen molar-refractivity contribution in [3.63, 3.8) is 0 Å². The lowest BCUT2D eigenvalue weighted by Crippen LogP contribution is -2.21. The lowest BCUT2D eigenvalue weighted by Gasteiger charge is -2.22. The van der Waals surface area contributed by atoms with Gasteiger partial charge in [-0.2, -0.15) is 0 Å². The highest BCUT2D eigenvalue weighted by atomic mass is 79.9. The summed E-state index contributed by atoms with van der Waals surface area (Å²) >= 11 is 6.78. The van der Waals surface area contributed by atoms with Crippen LogP contribution in [-0.4, -0.2) is 22.8 Å². The van der Waals surface area contributed by atoms with E-state index in [1.807, 2.05) is 6.20 Å². The van der Waals surface area contributed by atoms with Gasteiger partial charge >= 0.3 is 0 Å². The summed E-state index contributed by atoms with van der Waals surface area (Å²) in [6, 6.07) is 0. The van der Waals surface area contributed by atoms with Gasteiger partial charge in [-0.05, 0) is 44.7 Å². The first kappa shape index (κ1) is 10.6. The zero-order chi connectivity index (χ0) is 9.97. The van der Waals surface area contributed by atoms with Gasteiger partial charge in [-0.1, -0.05) is 0 Å². The van der Waals surface area contributed by atoms with Gasteiger partial charge in [0, 0.05) is 25.3 Å². The maximum Gasteiger partial charge on any atom is 0.178 e. The van der Waals surface area contributed by atoms with Crippen molar-refractivity contribution in [2.24, 2.45) is 5.92 Å². The van der Waals surface area contributed by atoms with Crippen molar-refractivity contribution in [1.82, 2.24) is 9.55 Å². The van der Waals surface area contributed by atoms with Crippen LogP contribution < -0.4 is 0 Å². The lowest BCUT2D eigenvalue weighted by atomic mass is 10.0. The fraction of sp³-hybridized carbons (Fsp3) is 0.667. The van der Waals surface area contributed by atoms with Gasteiger partial charge in [-0.15, -0.1) is 0 Å². The third kappa shape index (κ3) is 2.58. The quantitative estimate of drug-likeness (QED) is 0.836. The van der Waals surface area contributed by atoms with Crippen molar-refractivity contribution in [3.05, 3.63) is 15.5 Å². The molecule has 0 saturated carbocycles. The van der Waals surface area contributed by atoms with Crippen LogP contribution in [0.4, 0.5) is 0 Å². The van der Waals surface area contributed by atoms with Crippen LogP contribution in [0.25, 0.3) is 0 Å². The van der Waals surface area contributed by atoms with E-state index in [1.54, 1.807) is 0 Å². The minimum atomic E-state index is 0.626. The molecule has 0 aliphatic carbocycles. The predicted molar refractivity (Wildman–Crippen MR) is 61.2 cm³/mol. The third-order valence-electron chi connectivity index (χ3n) is 2.41. The average molecular weight is 324 g/mol. The second-order valence-corrected chi connectivity index (χ2v) is 5.09. The van der Waals surface area contributed by atoms with Crippen LogP contribution in [0.3, 0.4) is 0 Å². The second kappa shape index (κ2) is 4.77. The van der Waals surface area contributed by atoms with Crippen molar-refractivity contribution in [2.45, 2.75) is 19.4 Å². The molecule has 0 N–H and O–H groups in total. The Kier molecular flexibility index (Phi) is 3.62. The van der Waals surface area contributed by atoms with Crippen LogP contribution in [0.5, 0.6) is 0 Å². The zero-order valence-electron chi connectivity index (χ0n) is 7.75. The van der Waals surface area contributed by atoms with E-state index in [1.165, 1.54) is 12.8 Å². The number of rotatable bonds is 2. The Morgan fingerprint density at radius 1 is 1.57 bits per heavy atom. The molecule has 0 radical (unpaired) electrons. The minimum absolute atomic E-state index is 0.626. The Morgan fingerprint density at radius 3 is 3.00 bits per heavy atom. The number of hydrogen-bond donors (Lipinski definition) is 0. The summed E-state index contributed by atoms with van der Waals surface area (Å²) in [6.45, 7) is 2.78. The molecule has 0 aromatic carbocycles. The predicted octanol–water partition coefficient (Wildman–Crippen LogP) is 2.83. The molecular formula is C9H12Br2N2O. The SMILES string of the molecule is Brc1cn(CC2CCCOC2)c(Br)n1. The second-order valence-electron chi connectivity index (χ2n) is 3.57. The summed E-state index contributed by atoms with van der Waals surface area (Å²) in [5.41, 5.74) is 0. The molecule has 78 valence electrons. The molecule has 1 aliphatic heterocycles. The molecule has 1 aliphatic rings. The van der Waals surface area contributed by atoms with Gasteiger partial charge in [0.2, 0.25) is 0 Å². The Bertz CT molecular complexity index is 308. The molecule has 1 aromatic heterocycles. The van der Waals surface area contributed by atoms with Gasteiger partial charge in [0.25, 0.3) is 0 Å². The van der Waals surface area contributed by atoms with Crippen molar-refractivity contribution in [3.8, 4) is 0 Å². The highest BCUT2D eigenvalue weighted by molar-refractivity contribution is 9.11. The van der Waals surface area contributed by atoms with E-state index >= 15 is 0 Å². The Hall–Kier alpha value is 0.130. The molecule has 1 fully saturated rings. The Balaban J connectivity index is 1.98. The number of ether oxygens (including phenoxy) is 1. The topological polar surface area (TPSA) is 27.1 Å². The van der Waals surface area contributed by atoms with Gasteiger partial charge in [0.1, 0.15) is 4.60 Å². The number of aromatic nitrogens is 2. The van der Waals surface area contributed by atoms with Gasteiger partial charge in [-0.25, -0.2) is 4.98 Å². The first-order valence-electron chi connectivity index (χ1n) is 4.71. The number of nitrogens with zero attached hydrogens (tertiary/aromatic N) is 2. The lowest BCUT2D eigenvalue weighted by molar-refractivity contribution is 0.0481. The van der Waals surface area contributed by atoms with Crippen molar-refractivity contribution >= 4 is 31.9 Å². The van der Waals surface area contributed by atoms with Gasteiger partial charge < -0.3 is 9.30 Å². The molecule has 0 bridgehead atoms. The van der Waals surface area contributed by atoms with Gasteiger partial charge in [0.15, 0.2) is 4.73 Å². The number of hydrogen-bond acceptors (Lipinski definition) is 2. The van der Waals surface area contributed by atoms with Crippen LogP contribution >= 0.6 is 31.9 Å². The molecule has 14 heavy (non-hydrogen) atoms. The minimum Gasteiger partial charge on any atom is -0.381 e. The van der Waals surface area contributed by atoms with E-state index in [9.17, 15) is 0 Å². The van der Waals surface area contributed by atoms with E-state index in [-0.39, 0.29) is 0 Å². The van der Waals surface area contributed by atoms with E-state index in [2.05, 4.69) is 41.4 Å². The summed E-state index contributed by atoms with van der Waals surface area (Å²) in [5, 5.41) is 0. The zero-order valence-corrected chi connectivity index (χ0v) is 10.9. The summed E-state index contributed by atoms with van der Waals surface area (Å²) in [7, 11) is 0. The monoisotopic (exact) mass is 322 g/mol. The molecule has 1 atom stereocenters. The van der Waals surface area contributed by atoms with Crippen molar-refractivity contribution in [2.75, 3.05) is 13.2 Å². The molecular weight excluding hydrogens is 312 g/mol. The summed E-state index contributed by atoms with van der Waals surface area (Å²) in [6.07, 6.45) is 4.43. The maximum absolute atomic E-state index is 5.44. The summed E-state index contributed by atoms with van der Waals surface area (Å²) in [5.74, 6) is 0.626. The van der Waals surface area contributed by atoms with Crippen LogP contribution in [-0.2, 0) is 11.3 Å². The van der Waals surface area contributed by atoms with Crippen LogP contribution in [0.15, 0.2) is 15.5 Å². The highest BCUT2D eigenvalue weighted by Gasteiger charge is 2.15. The molecule has 0 spiro atoms. The molecule has 1 unspecified atom stereocenters. The van der Waals surface area contributed by atoms with Crippen molar-refractivity contribution < 1.29 is 4.74 Å². The normalized spacial score (nSPS) is 22.6. The molecule has 0 amide bonds. The fourth-order valence-electron chi connectivity index (χ4n) is 1.72. The fourth-order valence-corrected chi connectivity index (χ4v) is 2.81. The molecule has 1 saturated heterocycles. The third-order valence-corrected chi connectivity index (χ3v) is 3.42. The van der Waals surface area contributed by atoms with E-state index in [0.717, 1.165) is 29.1 Å². The highest BCUT2D eigenvalue weighted by Crippen LogP contribution is 2.20. The van der Waals surface area contributed by atoms with Crippen molar-refractivity contribution in [1.29, 1.82) is 0 Å². The molecule has 2 heterocycles. The van der Waals surface area contributed by atoms with E-state index in [0.29, 0.717) is 5.92 Å². The average Bonchev–Trinajstić information content (AvgIpc) is 2.47. The molecule has 3 nitrogen and oxygen atoms in total. The van der Waals surface area contributed by atoms with Crippen LogP contribution in [0.1, 0.15) is 12.8 Å². The van der Waals surface area contributed by atoms with E-state index < -0.39 is 0 Å². The van der Waals surface area contributed by atoms with Crippen LogP contribution in [0.2, 0.25) is 0 Å². The van der Waals surface area contributed by atoms with E-state index in [4.69, 9.17) is 4.74 Å². The number of halogens is 2. The first-order chi connectivity index (χ1) is 6.75. The summed E-state index contributed by atoms with van der Waals surface area (Å²) in [4.78, 5) is 4.23. The smallest absolute Gasteiger partial charge is 0.178 e. The number of imidazole rings is 1. The summed E-state index contributed by atoms with van der Waals surface area (Å²) < 4.78 is 9.31. The Morgan fingerprint density at radius 2 is 2.43 bits per heavy atom. The molecule has 5 heteroatoms. The first-order valence-corrected chi connectivity index (χ1v) is 6.30.